The fourth-order valence-electron chi connectivity index (χ4n) is 4.84. The Morgan fingerprint density at radius 2 is 1.54 bits per heavy atom. The fourth-order valence-corrected chi connectivity index (χ4v) is 6.11. The van der Waals surface area contributed by atoms with Crippen molar-refractivity contribution in [1.82, 2.24) is 14.1 Å². The van der Waals surface area contributed by atoms with Gasteiger partial charge in [0.2, 0.25) is 11.7 Å². The highest BCUT2D eigenvalue weighted by molar-refractivity contribution is 7.90. The zero-order chi connectivity index (χ0) is 28.1. The summed E-state index contributed by atoms with van der Waals surface area (Å²) in [5.41, 5.74) is 7.14. The molecular weight excluding hydrogens is 524 g/mol. The zero-order valence-corrected chi connectivity index (χ0v) is 22.0. The normalized spacial score (nSPS) is 14.6. The molecular formula is C27H24N4O7S. The van der Waals surface area contributed by atoms with Gasteiger partial charge in [-0.1, -0.05) is 42.0 Å². The highest BCUT2D eigenvalue weighted by Gasteiger charge is 2.55. The van der Waals surface area contributed by atoms with Gasteiger partial charge in [-0.25, -0.2) is 0 Å². The summed E-state index contributed by atoms with van der Waals surface area (Å²) in [4.78, 5) is 40.2. The van der Waals surface area contributed by atoms with Crippen LogP contribution in [0.5, 0.6) is 0 Å². The second kappa shape index (κ2) is 9.42. The molecule has 0 fully saturated rings. The van der Waals surface area contributed by atoms with Gasteiger partial charge < -0.3 is 15.2 Å². The molecule has 3 aromatic carbocycles. The largest absolute Gasteiger partial charge is 0.368 e. The van der Waals surface area contributed by atoms with E-state index in [0.29, 0.717) is 10.3 Å². The minimum Gasteiger partial charge on any atom is -0.368 e. The SMILES string of the molecule is COC(OC)(c1ccc2cnn(S(=O)(=O)c3ccc(C)cc3)c2c1)C(C(N)=O)N1C(=O)c2ccccc2C1=O. The van der Waals surface area contributed by atoms with Crippen molar-refractivity contribution in [2.75, 3.05) is 14.2 Å². The Morgan fingerprint density at radius 3 is 2.08 bits per heavy atom. The summed E-state index contributed by atoms with van der Waals surface area (Å²) in [7, 11) is -1.66. The van der Waals surface area contributed by atoms with Crippen molar-refractivity contribution in [3.05, 3.63) is 95.2 Å². The second-order valence-corrected chi connectivity index (χ2v) is 10.8. The molecule has 1 unspecified atom stereocenters. The summed E-state index contributed by atoms with van der Waals surface area (Å²) in [6.07, 6.45) is 1.38. The van der Waals surface area contributed by atoms with Crippen molar-refractivity contribution in [3.8, 4) is 0 Å². The maximum absolute atomic E-state index is 13.4. The Hall–Kier alpha value is -4.39. The number of nitrogens with zero attached hydrogens (tertiary/aromatic N) is 3. The number of imide groups is 1. The topological polar surface area (TPSA) is 151 Å². The first-order valence-corrected chi connectivity index (χ1v) is 13.2. The maximum atomic E-state index is 13.4. The van der Waals surface area contributed by atoms with Crippen molar-refractivity contribution < 1.29 is 32.3 Å². The summed E-state index contributed by atoms with van der Waals surface area (Å²) in [5, 5.41) is 4.55. The van der Waals surface area contributed by atoms with Crippen molar-refractivity contribution in [2.24, 2.45) is 5.73 Å². The Bertz CT molecular complexity index is 1710. The molecule has 3 amide bonds. The predicted octanol–water partition coefficient (Wildman–Crippen LogP) is 2.18. The first kappa shape index (κ1) is 26.2. The molecule has 200 valence electrons. The molecule has 2 heterocycles. The summed E-state index contributed by atoms with van der Waals surface area (Å²) >= 11 is 0. The van der Waals surface area contributed by atoms with Gasteiger partial charge in [0.15, 0.2) is 6.04 Å². The van der Waals surface area contributed by atoms with E-state index in [1.807, 2.05) is 6.92 Å². The third kappa shape index (κ3) is 3.92. The van der Waals surface area contributed by atoms with Crippen LogP contribution in [0, 0.1) is 6.92 Å². The molecule has 1 atom stereocenters. The average Bonchev–Trinajstić information content (AvgIpc) is 3.47. The third-order valence-electron chi connectivity index (χ3n) is 6.81. The smallest absolute Gasteiger partial charge is 0.283 e. The number of amides is 3. The van der Waals surface area contributed by atoms with Crippen LogP contribution in [0.15, 0.2) is 77.8 Å². The molecule has 12 heteroatoms. The molecule has 0 aliphatic carbocycles. The molecule has 2 N–H and O–H groups in total. The molecule has 0 spiro atoms. The van der Waals surface area contributed by atoms with Crippen LogP contribution in [-0.4, -0.2) is 60.5 Å². The molecule has 5 rings (SSSR count). The van der Waals surface area contributed by atoms with Crippen LogP contribution in [0.1, 0.15) is 31.8 Å². The van der Waals surface area contributed by atoms with Crippen molar-refractivity contribution >= 4 is 38.6 Å². The van der Waals surface area contributed by atoms with E-state index in [1.54, 1.807) is 30.3 Å². The number of methoxy groups -OCH3 is 2. The summed E-state index contributed by atoms with van der Waals surface area (Å²) in [6.45, 7) is 1.84. The van der Waals surface area contributed by atoms with Crippen LogP contribution < -0.4 is 5.73 Å². The van der Waals surface area contributed by atoms with E-state index >= 15 is 0 Å². The van der Waals surface area contributed by atoms with E-state index < -0.39 is 39.6 Å². The quantitative estimate of drug-likeness (QED) is 0.260. The number of ether oxygens (including phenoxy) is 2. The molecule has 0 saturated heterocycles. The van der Waals surface area contributed by atoms with Gasteiger partial charge in [0, 0.05) is 25.2 Å². The van der Waals surface area contributed by atoms with E-state index in [1.165, 1.54) is 56.8 Å². The molecule has 1 aliphatic heterocycles. The Morgan fingerprint density at radius 1 is 0.949 bits per heavy atom. The monoisotopic (exact) mass is 548 g/mol. The number of aromatic nitrogens is 2. The minimum absolute atomic E-state index is 0.0225. The van der Waals surface area contributed by atoms with Crippen molar-refractivity contribution in [1.29, 1.82) is 0 Å². The fraction of sp³-hybridized carbons (Fsp3) is 0.185. The van der Waals surface area contributed by atoms with Gasteiger partial charge in [0.25, 0.3) is 21.8 Å². The van der Waals surface area contributed by atoms with Crippen LogP contribution >= 0.6 is 0 Å². The van der Waals surface area contributed by atoms with Crippen LogP contribution in [0.3, 0.4) is 0 Å². The number of hydrogen-bond donors (Lipinski definition) is 1. The minimum atomic E-state index is -4.11. The van der Waals surface area contributed by atoms with Gasteiger partial charge in [-0.3, -0.25) is 19.3 Å². The highest BCUT2D eigenvalue weighted by atomic mass is 32.2. The van der Waals surface area contributed by atoms with Gasteiger partial charge >= 0.3 is 0 Å². The van der Waals surface area contributed by atoms with E-state index in [2.05, 4.69) is 5.10 Å². The summed E-state index contributed by atoms with van der Waals surface area (Å²) < 4.78 is 39.2. The van der Waals surface area contributed by atoms with Gasteiger partial charge in [-0.2, -0.15) is 17.6 Å². The average molecular weight is 549 g/mol. The first-order chi connectivity index (χ1) is 18.6. The third-order valence-corrected chi connectivity index (χ3v) is 8.42. The molecule has 11 nitrogen and oxygen atoms in total. The number of nitrogens with two attached hydrogens (primary N) is 1. The van der Waals surface area contributed by atoms with Crippen LogP contribution in [0.25, 0.3) is 10.9 Å². The summed E-state index contributed by atoms with van der Waals surface area (Å²) in [5.74, 6) is -4.65. The Labute approximate surface area is 223 Å². The highest BCUT2D eigenvalue weighted by Crippen LogP contribution is 2.38. The molecule has 0 radical (unpaired) electrons. The lowest BCUT2D eigenvalue weighted by Gasteiger charge is -2.40. The van der Waals surface area contributed by atoms with Crippen LogP contribution in [-0.2, 0) is 30.1 Å². The molecule has 0 saturated carbocycles. The number of carbonyl (C=O) groups is 3. The molecule has 0 bridgehead atoms. The van der Waals surface area contributed by atoms with Crippen molar-refractivity contribution in [2.45, 2.75) is 23.6 Å². The van der Waals surface area contributed by atoms with E-state index in [-0.39, 0.29) is 27.1 Å². The number of benzene rings is 3. The molecule has 39 heavy (non-hydrogen) atoms. The van der Waals surface area contributed by atoms with Crippen LogP contribution in [0.4, 0.5) is 0 Å². The van der Waals surface area contributed by atoms with E-state index in [0.717, 1.165) is 9.65 Å². The van der Waals surface area contributed by atoms with Crippen LogP contribution in [0.2, 0.25) is 0 Å². The molecule has 1 aliphatic rings. The maximum Gasteiger partial charge on any atom is 0.283 e. The zero-order valence-electron chi connectivity index (χ0n) is 21.2. The number of carbonyl (C=O) groups excluding carboxylic acids is 3. The molecule has 4 aromatic rings. The standard InChI is InChI=1S/C27H24N4O7S/c1-16-8-12-19(13-9-16)39(35,36)31-22-14-18(11-10-17(22)15-29-31)27(37-2,38-3)23(24(28)32)30-25(33)20-6-4-5-7-21(20)26(30)34/h4-15,23H,1-3H3,(H2,28,32). The number of rotatable bonds is 8. The van der Waals surface area contributed by atoms with Crippen molar-refractivity contribution in [3.63, 3.8) is 0 Å². The Kier molecular flexibility index (Phi) is 6.33. The number of aryl methyl sites for hydroxylation is 1. The lowest BCUT2D eigenvalue weighted by molar-refractivity contribution is -0.241. The lowest BCUT2D eigenvalue weighted by Crippen LogP contribution is -2.60. The Balaban J connectivity index is 1.67. The van der Waals surface area contributed by atoms with E-state index in [9.17, 15) is 22.8 Å². The van der Waals surface area contributed by atoms with E-state index in [4.69, 9.17) is 15.2 Å². The van der Waals surface area contributed by atoms with Gasteiger partial charge in [-0.15, -0.1) is 0 Å². The predicted molar refractivity (Wildman–Crippen MR) is 139 cm³/mol. The first-order valence-electron chi connectivity index (χ1n) is 11.7. The number of hydrogen-bond acceptors (Lipinski definition) is 8. The number of fused-ring (bicyclic) bond motifs is 2. The van der Waals surface area contributed by atoms with Gasteiger partial charge in [-0.05, 0) is 37.3 Å². The second-order valence-electron chi connectivity index (χ2n) is 8.99. The summed E-state index contributed by atoms with van der Waals surface area (Å²) in [6, 6.07) is 15.2. The van der Waals surface area contributed by atoms with Gasteiger partial charge in [0.05, 0.1) is 27.7 Å². The lowest BCUT2D eigenvalue weighted by atomic mass is 9.94. The number of primary amides is 1. The molecule has 1 aromatic heterocycles. The van der Waals surface area contributed by atoms with Gasteiger partial charge in [0.1, 0.15) is 0 Å².